The number of rotatable bonds is 4. The Balaban J connectivity index is 3.63. The van der Waals surface area contributed by atoms with Crippen molar-refractivity contribution in [3.05, 3.63) is 0 Å². The van der Waals surface area contributed by atoms with E-state index in [1.54, 1.807) is 13.8 Å². The van der Waals surface area contributed by atoms with Crippen LogP contribution in [0.4, 0.5) is 0 Å². The van der Waals surface area contributed by atoms with Gasteiger partial charge >= 0.3 is 11.9 Å². The highest BCUT2D eigenvalue weighted by atomic mass is 16.7. The zero-order valence-corrected chi connectivity index (χ0v) is 7.94. The normalized spacial score (nSPS) is 12.4. The molecule has 0 spiro atoms. The minimum absolute atomic E-state index is 0.260. The van der Waals surface area contributed by atoms with Gasteiger partial charge < -0.3 is 14.6 Å². The standard InChI is InChI=1S/C8H14O5/c1-5(2)8(11)12-4-7(10)13-6(3)9/h5,7,10H,4H2,1-3H3/t7-/m1/s1. The van der Waals surface area contributed by atoms with E-state index >= 15 is 0 Å². The van der Waals surface area contributed by atoms with Crippen molar-refractivity contribution in [3.63, 3.8) is 0 Å². The second-order valence-electron chi connectivity index (χ2n) is 2.85. The summed E-state index contributed by atoms with van der Waals surface area (Å²) in [5, 5.41) is 8.93. The molecule has 0 radical (unpaired) electrons. The van der Waals surface area contributed by atoms with Crippen LogP contribution in [0.15, 0.2) is 0 Å². The van der Waals surface area contributed by atoms with E-state index in [2.05, 4.69) is 9.47 Å². The smallest absolute Gasteiger partial charge is 0.308 e. The summed E-state index contributed by atoms with van der Waals surface area (Å²) < 4.78 is 8.92. The Labute approximate surface area is 76.6 Å². The van der Waals surface area contributed by atoms with Crippen LogP contribution in [0.1, 0.15) is 20.8 Å². The number of esters is 2. The minimum atomic E-state index is -1.37. The van der Waals surface area contributed by atoms with Crippen LogP contribution in [0.25, 0.3) is 0 Å². The van der Waals surface area contributed by atoms with Gasteiger partial charge in [0.05, 0.1) is 5.92 Å². The Morgan fingerprint density at radius 3 is 2.31 bits per heavy atom. The third-order valence-electron chi connectivity index (χ3n) is 1.14. The zero-order valence-electron chi connectivity index (χ0n) is 7.94. The van der Waals surface area contributed by atoms with Crippen molar-refractivity contribution in [3.8, 4) is 0 Å². The molecule has 0 aliphatic heterocycles. The molecule has 1 atom stereocenters. The number of hydrogen-bond acceptors (Lipinski definition) is 5. The first kappa shape index (κ1) is 11.9. The van der Waals surface area contributed by atoms with E-state index in [0.717, 1.165) is 6.92 Å². The lowest BCUT2D eigenvalue weighted by atomic mass is 10.2. The number of ether oxygens (including phenoxy) is 2. The highest BCUT2D eigenvalue weighted by Gasteiger charge is 2.13. The summed E-state index contributed by atoms with van der Waals surface area (Å²) in [6, 6.07) is 0. The first-order chi connectivity index (χ1) is 5.93. The van der Waals surface area contributed by atoms with Gasteiger partial charge in [-0.2, -0.15) is 0 Å². The summed E-state index contributed by atoms with van der Waals surface area (Å²) in [4.78, 5) is 21.2. The summed E-state index contributed by atoms with van der Waals surface area (Å²) in [6.45, 7) is 4.17. The fourth-order valence-electron chi connectivity index (χ4n) is 0.546. The van der Waals surface area contributed by atoms with Crippen LogP contribution >= 0.6 is 0 Å². The molecule has 13 heavy (non-hydrogen) atoms. The van der Waals surface area contributed by atoms with Gasteiger partial charge in [0, 0.05) is 6.92 Å². The van der Waals surface area contributed by atoms with Gasteiger partial charge in [0.2, 0.25) is 6.29 Å². The molecule has 0 aromatic heterocycles. The molecular formula is C8H14O5. The second kappa shape index (κ2) is 5.53. The fraction of sp³-hybridized carbons (Fsp3) is 0.750. The molecule has 0 bridgehead atoms. The first-order valence-corrected chi connectivity index (χ1v) is 3.95. The molecule has 5 heteroatoms. The lowest BCUT2D eigenvalue weighted by Gasteiger charge is -2.11. The molecule has 0 aliphatic rings. The summed E-state index contributed by atoms with van der Waals surface area (Å²) in [6.07, 6.45) is -1.37. The first-order valence-electron chi connectivity index (χ1n) is 3.95. The zero-order chi connectivity index (χ0) is 10.4. The molecule has 0 unspecified atom stereocenters. The largest absolute Gasteiger partial charge is 0.459 e. The van der Waals surface area contributed by atoms with Gasteiger partial charge in [0.1, 0.15) is 0 Å². The minimum Gasteiger partial charge on any atom is -0.459 e. The predicted octanol–water partition coefficient (Wildman–Crippen LogP) is 0.0671. The Morgan fingerprint density at radius 1 is 1.38 bits per heavy atom. The summed E-state index contributed by atoms with van der Waals surface area (Å²) in [5.74, 6) is -1.32. The monoisotopic (exact) mass is 190 g/mol. The Hall–Kier alpha value is -1.10. The average Bonchev–Trinajstić information content (AvgIpc) is 1.98. The molecule has 0 aliphatic carbocycles. The summed E-state index contributed by atoms with van der Waals surface area (Å²) in [5.41, 5.74) is 0. The van der Waals surface area contributed by atoms with Crippen molar-refractivity contribution >= 4 is 11.9 Å². The summed E-state index contributed by atoms with van der Waals surface area (Å²) >= 11 is 0. The lowest BCUT2D eigenvalue weighted by molar-refractivity contribution is -0.181. The van der Waals surface area contributed by atoms with Crippen LogP contribution in [-0.2, 0) is 19.1 Å². The number of hydrogen-bond donors (Lipinski definition) is 1. The molecule has 0 saturated heterocycles. The SMILES string of the molecule is CC(=O)O[C@@H](O)COC(=O)C(C)C. The molecule has 0 heterocycles. The maximum atomic E-state index is 10.9. The van der Waals surface area contributed by atoms with Gasteiger partial charge in [-0.05, 0) is 0 Å². The number of aliphatic hydroxyl groups excluding tert-OH is 1. The molecule has 1 N–H and O–H groups in total. The molecule has 76 valence electrons. The topological polar surface area (TPSA) is 72.8 Å². The Morgan fingerprint density at radius 2 is 1.92 bits per heavy atom. The van der Waals surface area contributed by atoms with E-state index in [-0.39, 0.29) is 12.5 Å². The van der Waals surface area contributed by atoms with Crippen LogP contribution in [0.2, 0.25) is 0 Å². The maximum Gasteiger partial charge on any atom is 0.308 e. The van der Waals surface area contributed by atoms with Gasteiger partial charge in [-0.3, -0.25) is 9.59 Å². The molecule has 0 fully saturated rings. The Bertz CT molecular complexity index is 187. The molecule has 0 amide bonds. The fourth-order valence-corrected chi connectivity index (χ4v) is 0.546. The van der Waals surface area contributed by atoms with Crippen LogP contribution < -0.4 is 0 Å². The van der Waals surface area contributed by atoms with E-state index in [1.807, 2.05) is 0 Å². The highest BCUT2D eigenvalue weighted by Crippen LogP contribution is 1.97. The van der Waals surface area contributed by atoms with E-state index in [0.29, 0.717) is 0 Å². The molecule has 0 aromatic rings. The van der Waals surface area contributed by atoms with E-state index < -0.39 is 18.2 Å². The van der Waals surface area contributed by atoms with Gasteiger partial charge in [-0.25, -0.2) is 0 Å². The Kier molecular flexibility index (Phi) is 5.06. The summed E-state index contributed by atoms with van der Waals surface area (Å²) in [7, 11) is 0. The van der Waals surface area contributed by atoms with Crippen LogP contribution in [-0.4, -0.2) is 29.9 Å². The molecular weight excluding hydrogens is 176 g/mol. The van der Waals surface area contributed by atoms with Gasteiger partial charge in [0.25, 0.3) is 0 Å². The number of aliphatic hydroxyl groups is 1. The van der Waals surface area contributed by atoms with Crippen molar-refractivity contribution in [2.75, 3.05) is 6.61 Å². The predicted molar refractivity (Wildman–Crippen MR) is 43.6 cm³/mol. The van der Waals surface area contributed by atoms with Crippen molar-refractivity contribution in [2.45, 2.75) is 27.1 Å². The van der Waals surface area contributed by atoms with Gasteiger partial charge in [-0.15, -0.1) is 0 Å². The van der Waals surface area contributed by atoms with E-state index in [1.165, 1.54) is 0 Å². The van der Waals surface area contributed by atoms with Crippen LogP contribution in [0.5, 0.6) is 0 Å². The number of carbonyl (C=O) groups is 2. The average molecular weight is 190 g/mol. The third-order valence-corrected chi connectivity index (χ3v) is 1.14. The van der Waals surface area contributed by atoms with Crippen molar-refractivity contribution in [1.82, 2.24) is 0 Å². The lowest BCUT2D eigenvalue weighted by Crippen LogP contribution is -2.25. The molecule has 0 aromatic carbocycles. The van der Waals surface area contributed by atoms with Gasteiger partial charge in [0.15, 0.2) is 6.61 Å². The molecule has 0 saturated carbocycles. The van der Waals surface area contributed by atoms with Crippen LogP contribution in [0.3, 0.4) is 0 Å². The van der Waals surface area contributed by atoms with Crippen molar-refractivity contribution in [1.29, 1.82) is 0 Å². The van der Waals surface area contributed by atoms with Gasteiger partial charge in [-0.1, -0.05) is 13.8 Å². The maximum absolute atomic E-state index is 10.9. The third kappa shape index (κ3) is 6.10. The second-order valence-corrected chi connectivity index (χ2v) is 2.85. The van der Waals surface area contributed by atoms with Crippen molar-refractivity contribution < 1.29 is 24.2 Å². The van der Waals surface area contributed by atoms with Crippen LogP contribution in [0, 0.1) is 5.92 Å². The molecule has 0 rings (SSSR count). The number of carbonyl (C=O) groups excluding carboxylic acids is 2. The van der Waals surface area contributed by atoms with Crippen molar-refractivity contribution in [2.24, 2.45) is 5.92 Å². The quantitative estimate of drug-likeness (QED) is 0.501. The highest BCUT2D eigenvalue weighted by molar-refractivity contribution is 5.71. The molecule has 5 nitrogen and oxygen atoms in total. The van der Waals surface area contributed by atoms with E-state index in [4.69, 9.17) is 5.11 Å². The van der Waals surface area contributed by atoms with E-state index in [9.17, 15) is 9.59 Å².